The molecule has 0 aliphatic rings. The van der Waals surface area contributed by atoms with E-state index in [1.807, 2.05) is 13.8 Å². The third kappa shape index (κ3) is 8.61. The standard InChI is InChI=1S/C29H36F3N7O4S/c1-16(2)34-13-19-10-20(29(30,31)32)12-21(25(19)42-6)36-26(40)18-9-8-17(3)22(11-18)39(33)15-23(38(4)5)24-14-35-27(44-24)37-28(41)43-7/h8-12,14-16,34H,13,33H2,1-7H3,(H,36,40)(H,35,37,41)/b23-15-. The molecule has 0 unspecified atom stereocenters. The molecule has 0 radical (unpaired) electrons. The number of hydrazine groups is 1. The lowest BCUT2D eigenvalue weighted by Gasteiger charge is -2.22. The van der Waals surface area contributed by atoms with Gasteiger partial charge in [-0.2, -0.15) is 13.2 Å². The first-order valence-electron chi connectivity index (χ1n) is 13.3. The molecule has 238 valence electrons. The van der Waals surface area contributed by atoms with Crippen LogP contribution < -0.4 is 31.5 Å². The number of thiazole rings is 1. The number of carbonyl (C=O) groups is 2. The van der Waals surface area contributed by atoms with Crippen LogP contribution in [-0.2, 0) is 17.5 Å². The Morgan fingerprint density at radius 1 is 1.14 bits per heavy atom. The molecule has 1 aromatic heterocycles. The molecule has 3 rings (SSSR count). The third-order valence-electron chi connectivity index (χ3n) is 6.29. The molecule has 0 aliphatic heterocycles. The molecule has 44 heavy (non-hydrogen) atoms. The minimum Gasteiger partial charge on any atom is -0.494 e. The predicted molar refractivity (Wildman–Crippen MR) is 166 cm³/mol. The fourth-order valence-corrected chi connectivity index (χ4v) is 4.94. The average molecular weight is 636 g/mol. The van der Waals surface area contributed by atoms with E-state index in [0.717, 1.165) is 17.7 Å². The second-order valence-electron chi connectivity index (χ2n) is 10.2. The molecule has 0 aliphatic carbocycles. The van der Waals surface area contributed by atoms with Crippen molar-refractivity contribution in [1.29, 1.82) is 0 Å². The van der Waals surface area contributed by atoms with Crippen molar-refractivity contribution in [2.75, 3.05) is 44.0 Å². The molecular weight excluding hydrogens is 599 g/mol. The first-order valence-corrected chi connectivity index (χ1v) is 14.1. The van der Waals surface area contributed by atoms with E-state index >= 15 is 0 Å². The zero-order valence-electron chi connectivity index (χ0n) is 25.4. The van der Waals surface area contributed by atoms with Gasteiger partial charge in [-0.25, -0.2) is 15.6 Å². The van der Waals surface area contributed by atoms with Crippen LogP contribution in [-0.4, -0.2) is 56.2 Å². The van der Waals surface area contributed by atoms with E-state index in [1.165, 1.54) is 36.6 Å². The van der Waals surface area contributed by atoms with Crippen LogP contribution in [0.1, 0.15) is 45.8 Å². The minimum atomic E-state index is -4.64. The zero-order chi connectivity index (χ0) is 32.8. The van der Waals surface area contributed by atoms with Crippen molar-refractivity contribution in [1.82, 2.24) is 15.2 Å². The van der Waals surface area contributed by atoms with E-state index in [1.54, 1.807) is 50.4 Å². The Morgan fingerprint density at radius 3 is 2.43 bits per heavy atom. The molecule has 2 aromatic carbocycles. The Morgan fingerprint density at radius 2 is 1.84 bits per heavy atom. The summed E-state index contributed by atoms with van der Waals surface area (Å²) in [6.45, 7) is 5.64. The van der Waals surface area contributed by atoms with Gasteiger partial charge in [0, 0.05) is 50.2 Å². The highest BCUT2D eigenvalue weighted by molar-refractivity contribution is 7.16. The quantitative estimate of drug-likeness (QED) is 0.156. The largest absolute Gasteiger partial charge is 0.494 e. The van der Waals surface area contributed by atoms with Gasteiger partial charge < -0.3 is 25.0 Å². The minimum absolute atomic E-state index is 0.00851. The van der Waals surface area contributed by atoms with Gasteiger partial charge in [-0.3, -0.25) is 15.1 Å². The Hall–Kier alpha value is -4.34. The van der Waals surface area contributed by atoms with Crippen LogP contribution in [0.5, 0.6) is 5.75 Å². The lowest BCUT2D eigenvalue weighted by Crippen LogP contribution is -2.28. The summed E-state index contributed by atoms with van der Waals surface area (Å²) in [7, 11) is 6.18. The van der Waals surface area contributed by atoms with Gasteiger partial charge >= 0.3 is 12.3 Å². The highest BCUT2D eigenvalue weighted by Gasteiger charge is 2.33. The van der Waals surface area contributed by atoms with E-state index in [4.69, 9.17) is 10.6 Å². The Kier molecular flexibility index (Phi) is 11.2. The summed E-state index contributed by atoms with van der Waals surface area (Å²) in [5, 5.41) is 9.84. The van der Waals surface area contributed by atoms with E-state index in [9.17, 15) is 22.8 Å². The van der Waals surface area contributed by atoms with E-state index < -0.39 is 23.7 Å². The van der Waals surface area contributed by atoms with Crippen LogP contribution in [0.3, 0.4) is 0 Å². The lowest BCUT2D eigenvalue weighted by atomic mass is 10.1. The van der Waals surface area contributed by atoms with Crippen LogP contribution >= 0.6 is 11.3 Å². The number of rotatable bonds is 11. The third-order valence-corrected chi connectivity index (χ3v) is 7.23. The van der Waals surface area contributed by atoms with E-state index in [-0.39, 0.29) is 35.2 Å². The highest BCUT2D eigenvalue weighted by Crippen LogP contribution is 2.38. The number of carbonyl (C=O) groups excluding carboxylic acids is 2. The Labute approximate surface area is 257 Å². The lowest BCUT2D eigenvalue weighted by molar-refractivity contribution is -0.137. The van der Waals surface area contributed by atoms with Gasteiger partial charge in [-0.1, -0.05) is 31.3 Å². The molecule has 0 fully saturated rings. The number of amides is 2. The maximum Gasteiger partial charge on any atom is 0.416 e. The number of aromatic nitrogens is 1. The molecule has 1 heterocycles. The number of hydrogen-bond donors (Lipinski definition) is 4. The van der Waals surface area contributed by atoms with Gasteiger partial charge in [0.1, 0.15) is 5.75 Å². The second-order valence-corrected chi connectivity index (χ2v) is 11.2. The van der Waals surface area contributed by atoms with Crippen LogP contribution in [0, 0.1) is 6.92 Å². The number of hydrogen-bond acceptors (Lipinski definition) is 10. The van der Waals surface area contributed by atoms with Crippen molar-refractivity contribution >= 4 is 45.5 Å². The molecule has 5 N–H and O–H groups in total. The molecule has 0 spiro atoms. The number of nitrogens with one attached hydrogen (secondary N) is 3. The summed E-state index contributed by atoms with van der Waals surface area (Å²) < 4.78 is 51.3. The maximum atomic E-state index is 13.8. The number of halogens is 3. The number of methoxy groups -OCH3 is 2. The summed E-state index contributed by atoms with van der Waals surface area (Å²) in [5.74, 6) is 5.90. The van der Waals surface area contributed by atoms with Crippen molar-refractivity contribution in [3.63, 3.8) is 0 Å². The predicted octanol–water partition coefficient (Wildman–Crippen LogP) is 5.65. The number of aryl methyl sites for hydroxylation is 1. The van der Waals surface area contributed by atoms with Gasteiger partial charge in [0.25, 0.3) is 5.91 Å². The first-order chi connectivity index (χ1) is 20.6. The van der Waals surface area contributed by atoms with Crippen molar-refractivity contribution in [2.24, 2.45) is 5.84 Å². The Balaban J connectivity index is 1.95. The number of nitrogens with two attached hydrogens (primary N) is 1. The van der Waals surface area contributed by atoms with Crippen molar-refractivity contribution in [2.45, 2.75) is 39.5 Å². The fraction of sp³-hybridized carbons (Fsp3) is 0.345. The van der Waals surface area contributed by atoms with Gasteiger partial charge in [0.05, 0.1) is 41.7 Å². The SMILES string of the molecule is COC(=O)Nc1ncc(/C(=C/N(N)c2cc(C(=O)Nc3cc(C(F)(F)F)cc(CNC(C)C)c3OC)ccc2C)N(C)C)s1. The zero-order valence-corrected chi connectivity index (χ0v) is 26.2. The molecule has 0 saturated carbocycles. The molecule has 11 nitrogen and oxygen atoms in total. The normalized spacial score (nSPS) is 11.8. The monoisotopic (exact) mass is 635 g/mol. The van der Waals surface area contributed by atoms with Crippen LogP contribution in [0.4, 0.5) is 34.5 Å². The summed E-state index contributed by atoms with van der Waals surface area (Å²) in [4.78, 5) is 31.6. The summed E-state index contributed by atoms with van der Waals surface area (Å²) >= 11 is 1.20. The van der Waals surface area contributed by atoms with E-state index in [2.05, 4.69) is 25.7 Å². The number of anilines is 3. The molecule has 2 amide bonds. The highest BCUT2D eigenvalue weighted by atomic mass is 32.1. The molecule has 0 atom stereocenters. The molecule has 15 heteroatoms. The van der Waals surface area contributed by atoms with Crippen LogP contribution in [0.25, 0.3) is 5.70 Å². The van der Waals surface area contributed by atoms with Gasteiger partial charge in [0.15, 0.2) is 5.13 Å². The van der Waals surface area contributed by atoms with Crippen molar-refractivity contribution in [3.05, 3.63) is 69.9 Å². The summed E-state index contributed by atoms with van der Waals surface area (Å²) in [6.07, 6.45) is -2.10. The van der Waals surface area contributed by atoms with E-state index in [0.29, 0.717) is 21.4 Å². The molecule has 0 saturated heterocycles. The second kappa shape index (κ2) is 14.4. The van der Waals surface area contributed by atoms with Crippen LogP contribution in [0.2, 0.25) is 0 Å². The number of ether oxygens (including phenoxy) is 2. The Bertz CT molecular complexity index is 1520. The van der Waals surface area contributed by atoms with Crippen molar-refractivity contribution < 1.29 is 32.2 Å². The molecular formula is C29H36F3N7O4S. The first kappa shape index (κ1) is 34.2. The van der Waals surface area contributed by atoms with Crippen molar-refractivity contribution in [3.8, 4) is 5.75 Å². The topological polar surface area (TPSA) is 134 Å². The van der Waals surface area contributed by atoms with Gasteiger partial charge in [0.2, 0.25) is 0 Å². The summed E-state index contributed by atoms with van der Waals surface area (Å²) in [5.41, 5.74) is 1.22. The fourth-order valence-electron chi connectivity index (χ4n) is 4.04. The number of benzene rings is 2. The molecule has 0 bridgehead atoms. The van der Waals surface area contributed by atoms with Crippen LogP contribution in [0.15, 0.2) is 42.7 Å². The summed E-state index contributed by atoms with van der Waals surface area (Å²) in [6, 6.07) is 6.63. The smallest absolute Gasteiger partial charge is 0.416 e. The maximum absolute atomic E-state index is 13.8. The molecule has 3 aromatic rings. The average Bonchev–Trinajstić information content (AvgIpc) is 3.41. The van der Waals surface area contributed by atoms with Gasteiger partial charge in [-0.05, 0) is 36.8 Å². The number of nitrogens with zero attached hydrogens (tertiary/aromatic N) is 3. The number of alkyl halides is 3. The van der Waals surface area contributed by atoms with Gasteiger partial charge in [-0.15, -0.1) is 0 Å².